The van der Waals surface area contributed by atoms with Crippen molar-refractivity contribution in [1.82, 2.24) is 10.2 Å². The van der Waals surface area contributed by atoms with Crippen molar-refractivity contribution in [3.8, 4) is 11.5 Å². The summed E-state index contributed by atoms with van der Waals surface area (Å²) in [6.45, 7) is 1.23. The van der Waals surface area contributed by atoms with E-state index < -0.39 is 28.5 Å². The minimum Gasteiger partial charge on any atom is -0.493 e. The lowest BCUT2D eigenvalue weighted by molar-refractivity contribution is -0.139. The molecule has 1 fully saturated rings. The van der Waals surface area contributed by atoms with Gasteiger partial charge in [0.05, 0.1) is 24.8 Å². The van der Waals surface area contributed by atoms with Gasteiger partial charge in [0, 0.05) is 23.7 Å². The average molecular weight is 628 g/mol. The van der Waals surface area contributed by atoms with Gasteiger partial charge in [0.25, 0.3) is 10.0 Å². The summed E-state index contributed by atoms with van der Waals surface area (Å²) in [7, 11) is -1.38. The van der Waals surface area contributed by atoms with E-state index >= 15 is 0 Å². The summed E-state index contributed by atoms with van der Waals surface area (Å²) < 4.78 is 39.8. The fourth-order valence-electron chi connectivity index (χ4n) is 5.17. The van der Waals surface area contributed by atoms with Gasteiger partial charge in [0.15, 0.2) is 11.5 Å². The highest BCUT2D eigenvalue weighted by Crippen LogP contribution is 2.32. The lowest BCUT2D eigenvalue weighted by atomic mass is 9.95. The van der Waals surface area contributed by atoms with Crippen molar-refractivity contribution < 1.29 is 27.5 Å². The molecule has 0 radical (unpaired) electrons. The second-order valence-corrected chi connectivity index (χ2v) is 12.8. The maximum absolute atomic E-state index is 14.1. The van der Waals surface area contributed by atoms with E-state index in [1.54, 1.807) is 61.5 Å². The number of nitrogens with zero attached hydrogens (tertiary/aromatic N) is 2. The van der Waals surface area contributed by atoms with Gasteiger partial charge in [-0.05, 0) is 61.7 Å². The minimum atomic E-state index is -4.26. The maximum atomic E-state index is 14.1. The molecule has 0 aromatic heterocycles. The number of hydrogen-bond acceptors (Lipinski definition) is 6. The smallest absolute Gasteiger partial charge is 0.264 e. The molecule has 1 atom stereocenters. The Hall–Kier alpha value is -3.76. The third kappa shape index (κ3) is 8.00. The van der Waals surface area contributed by atoms with Crippen LogP contribution in [0.1, 0.15) is 44.6 Å². The average Bonchev–Trinajstić information content (AvgIpc) is 3.03. The monoisotopic (exact) mass is 627 g/mol. The van der Waals surface area contributed by atoms with Crippen molar-refractivity contribution in [2.45, 2.75) is 62.6 Å². The molecular weight excluding hydrogens is 590 g/mol. The van der Waals surface area contributed by atoms with Crippen molar-refractivity contribution in [2.75, 3.05) is 25.1 Å². The summed E-state index contributed by atoms with van der Waals surface area (Å²) in [5, 5.41) is 3.64. The van der Waals surface area contributed by atoms with Gasteiger partial charge in [-0.25, -0.2) is 8.42 Å². The first-order chi connectivity index (χ1) is 20.6. The minimum absolute atomic E-state index is 0.0578. The highest BCUT2D eigenvalue weighted by Gasteiger charge is 2.33. The molecule has 1 aliphatic carbocycles. The van der Waals surface area contributed by atoms with Crippen LogP contribution in [-0.4, -0.2) is 58.0 Å². The molecule has 0 bridgehead atoms. The summed E-state index contributed by atoms with van der Waals surface area (Å²) in [4.78, 5) is 28.9. The quantitative estimate of drug-likeness (QED) is 0.288. The fourth-order valence-corrected chi connectivity index (χ4v) is 6.72. The van der Waals surface area contributed by atoms with Gasteiger partial charge in [0.1, 0.15) is 12.6 Å². The Morgan fingerprint density at radius 1 is 0.930 bits per heavy atom. The first-order valence-corrected chi connectivity index (χ1v) is 16.1. The zero-order valence-electron chi connectivity index (χ0n) is 24.7. The first-order valence-electron chi connectivity index (χ1n) is 14.3. The molecule has 0 unspecified atom stereocenters. The number of ether oxygens (including phenoxy) is 2. The lowest BCUT2D eigenvalue weighted by Crippen LogP contribution is -2.53. The Bertz CT molecular complexity index is 1500. The number of anilines is 1. The van der Waals surface area contributed by atoms with Crippen molar-refractivity contribution in [1.29, 1.82) is 0 Å². The van der Waals surface area contributed by atoms with Gasteiger partial charge < -0.3 is 19.7 Å². The standard InChI is InChI=1S/C32H38ClN3O6S/c1-23(32(38)34-26-10-6-4-7-11-26)35(21-24-14-16-25(33)17-15-24)31(37)22-36(27-12-8-5-9-13-27)43(39,40)28-18-19-29(41-2)30(20-28)42-3/h5,8-9,12-20,23,26H,4,6-7,10-11,21-22H2,1-3H3,(H,34,38)/t23-/m1/s1. The van der Waals surface area contributed by atoms with Crippen LogP contribution in [0.15, 0.2) is 77.7 Å². The second-order valence-electron chi connectivity index (χ2n) is 10.5. The van der Waals surface area contributed by atoms with E-state index in [1.807, 2.05) is 0 Å². The summed E-state index contributed by atoms with van der Waals surface area (Å²) in [6.07, 6.45) is 5.04. The summed E-state index contributed by atoms with van der Waals surface area (Å²) in [5.41, 5.74) is 1.06. The molecule has 11 heteroatoms. The molecule has 1 aliphatic rings. The number of sulfonamides is 1. The lowest BCUT2D eigenvalue weighted by Gasteiger charge is -2.33. The van der Waals surface area contributed by atoms with Crippen LogP contribution in [-0.2, 0) is 26.2 Å². The van der Waals surface area contributed by atoms with Crippen molar-refractivity contribution >= 4 is 39.1 Å². The van der Waals surface area contributed by atoms with E-state index in [1.165, 1.54) is 37.3 Å². The molecule has 0 heterocycles. The number of carbonyl (C=O) groups is 2. The second kappa shape index (κ2) is 14.6. The molecule has 1 saturated carbocycles. The van der Waals surface area contributed by atoms with Gasteiger partial charge in [-0.3, -0.25) is 13.9 Å². The van der Waals surface area contributed by atoms with Gasteiger partial charge in [-0.2, -0.15) is 0 Å². The largest absolute Gasteiger partial charge is 0.493 e. The SMILES string of the molecule is COc1ccc(S(=O)(=O)N(CC(=O)N(Cc2ccc(Cl)cc2)[C@H](C)C(=O)NC2CCCCC2)c2ccccc2)cc1OC. The zero-order chi connectivity index (χ0) is 31.0. The topological polar surface area (TPSA) is 105 Å². The molecule has 1 N–H and O–H groups in total. The Morgan fingerprint density at radius 2 is 1.58 bits per heavy atom. The van der Waals surface area contributed by atoms with Gasteiger partial charge in [-0.15, -0.1) is 0 Å². The van der Waals surface area contributed by atoms with Crippen molar-refractivity contribution in [2.24, 2.45) is 0 Å². The molecule has 4 rings (SSSR count). The highest BCUT2D eigenvalue weighted by molar-refractivity contribution is 7.92. The molecule has 2 amide bonds. The van der Waals surface area contributed by atoms with Crippen LogP contribution < -0.4 is 19.1 Å². The van der Waals surface area contributed by atoms with Crippen LogP contribution in [0.3, 0.4) is 0 Å². The summed E-state index contributed by atoms with van der Waals surface area (Å²) in [5.74, 6) is -0.201. The van der Waals surface area contributed by atoms with Gasteiger partial charge in [-0.1, -0.05) is 61.2 Å². The van der Waals surface area contributed by atoms with Gasteiger partial charge in [0.2, 0.25) is 11.8 Å². The number of para-hydroxylation sites is 1. The number of hydrogen-bond donors (Lipinski definition) is 1. The molecule has 9 nitrogen and oxygen atoms in total. The normalized spacial score (nSPS) is 14.4. The van der Waals surface area contributed by atoms with E-state index in [0.717, 1.165) is 42.0 Å². The molecular formula is C32H38ClN3O6S. The number of halogens is 1. The molecule has 0 spiro atoms. The van der Waals surface area contributed by atoms with E-state index in [-0.39, 0.29) is 29.1 Å². The third-order valence-corrected chi connectivity index (χ3v) is 9.67. The number of carbonyl (C=O) groups excluding carboxylic acids is 2. The Kier molecular flexibility index (Phi) is 10.9. The predicted octanol–water partition coefficient (Wildman–Crippen LogP) is 5.42. The van der Waals surface area contributed by atoms with Crippen LogP contribution in [0, 0.1) is 0 Å². The van der Waals surface area contributed by atoms with E-state index in [9.17, 15) is 18.0 Å². The Labute approximate surface area is 258 Å². The van der Waals surface area contributed by atoms with Crippen LogP contribution in [0.2, 0.25) is 5.02 Å². The molecule has 0 aliphatic heterocycles. The molecule has 43 heavy (non-hydrogen) atoms. The van der Waals surface area contributed by atoms with E-state index in [4.69, 9.17) is 21.1 Å². The Morgan fingerprint density at radius 3 is 2.21 bits per heavy atom. The number of rotatable bonds is 12. The Balaban J connectivity index is 1.68. The van der Waals surface area contributed by atoms with E-state index in [0.29, 0.717) is 16.5 Å². The van der Waals surface area contributed by atoms with Crippen LogP contribution in [0.5, 0.6) is 11.5 Å². The molecule has 0 saturated heterocycles. The zero-order valence-corrected chi connectivity index (χ0v) is 26.2. The highest BCUT2D eigenvalue weighted by atomic mass is 35.5. The molecule has 230 valence electrons. The van der Waals surface area contributed by atoms with Crippen molar-refractivity contribution in [3.05, 3.63) is 83.4 Å². The van der Waals surface area contributed by atoms with Gasteiger partial charge >= 0.3 is 0 Å². The number of nitrogens with one attached hydrogen (secondary N) is 1. The maximum Gasteiger partial charge on any atom is 0.264 e. The third-order valence-electron chi connectivity index (χ3n) is 7.65. The van der Waals surface area contributed by atoms with E-state index in [2.05, 4.69) is 5.32 Å². The summed E-state index contributed by atoms with van der Waals surface area (Å²) >= 11 is 6.08. The van der Waals surface area contributed by atoms with Crippen LogP contribution in [0.4, 0.5) is 5.69 Å². The fraction of sp³-hybridized carbons (Fsp3) is 0.375. The summed E-state index contributed by atoms with van der Waals surface area (Å²) in [6, 6.07) is 18.9. The van der Waals surface area contributed by atoms with Crippen LogP contribution in [0.25, 0.3) is 0 Å². The molecule has 3 aromatic rings. The predicted molar refractivity (Wildman–Crippen MR) is 167 cm³/mol. The number of methoxy groups -OCH3 is 2. The van der Waals surface area contributed by atoms with Crippen molar-refractivity contribution in [3.63, 3.8) is 0 Å². The number of amides is 2. The number of benzene rings is 3. The molecule has 3 aromatic carbocycles. The van der Waals surface area contributed by atoms with Crippen LogP contribution >= 0.6 is 11.6 Å². The first kappa shape index (κ1) is 32.2.